The van der Waals surface area contributed by atoms with Crippen molar-refractivity contribution < 1.29 is 0 Å². The van der Waals surface area contributed by atoms with Crippen LogP contribution in [0.1, 0.15) is 0 Å². The van der Waals surface area contributed by atoms with Crippen LogP contribution < -0.4 is 5.32 Å². The lowest BCUT2D eigenvalue weighted by Gasteiger charge is -2.18. The Labute approximate surface area is 104 Å². The lowest BCUT2D eigenvalue weighted by molar-refractivity contribution is 0.502. The van der Waals surface area contributed by atoms with E-state index in [1.54, 1.807) is 11.8 Å². The minimum atomic E-state index is 0.757. The predicted octanol–water partition coefficient (Wildman–Crippen LogP) is 3.04. The molecule has 2 nitrogen and oxygen atoms in total. The first-order valence-corrected chi connectivity index (χ1v) is 6.44. The van der Waals surface area contributed by atoms with Gasteiger partial charge in [0.25, 0.3) is 0 Å². The molecule has 80 valence electrons. The van der Waals surface area contributed by atoms with E-state index in [-0.39, 0.29) is 0 Å². The number of thioether (sulfide) groups is 1. The van der Waals surface area contributed by atoms with Crippen molar-refractivity contribution in [1.29, 1.82) is 0 Å². The lowest BCUT2D eigenvalue weighted by atomic mass is 10.3. The number of nitrogens with zero attached hydrogens (tertiary/aromatic N) is 1. The molecule has 0 unspecified atom stereocenters. The van der Waals surface area contributed by atoms with E-state index in [4.69, 9.17) is 23.8 Å². The second-order valence-electron chi connectivity index (χ2n) is 3.22. The van der Waals surface area contributed by atoms with Crippen LogP contribution in [0.3, 0.4) is 0 Å². The van der Waals surface area contributed by atoms with Gasteiger partial charge in [-0.1, -0.05) is 35.6 Å². The van der Waals surface area contributed by atoms with E-state index in [9.17, 15) is 0 Å². The molecule has 1 aromatic carbocycles. The van der Waals surface area contributed by atoms with Gasteiger partial charge in [0.1, 0.15) is 4.32 Å². The molecular formula is C10H11ClN2S2. The first kappa shape index (κ1) is 11.0. The summed E-state index contributed by atoms with van der Waals surface area (Å²) in [6.07, 6.45) is 0. The van der Waals surface area contributed by atoms with Crippen molar-refractivity contribution in [3.63, 3.8) is 0 Å². The van der Waals surface area contributed by atoms with E-state index in [2.05, 4.69) is 10.2 Å². The molecule has 0 amide bonds. The molecule has 0 spiro atoms. The smallest absolute Gasteiger partial charge is 0.137 e. The van der Waals surface area contributed by atoms with Crippen LogP contribution in [0.2, 0.25) is 5.02 Å². The topological polar surface area (TPSA) is 15.3 Å². The van der Waals surface area contributed by atoms with Crippen molar-refractivity contribution in [3.05, 3.63) is 29.3 Å². The van der Waals surface area contributed by atoms with Crippen LogP contribution in [0.5, 0.6) is 0 Å². The number of benzene rings is 1. The van der Waals surface area contributed by atoms with E-state index >= 15 is 0 Å². The van der Waals surface area contributed by atoms with Crippen LogP contribution in [0.25, 0.3) is 0 Å². The molecule has 2 rings (SSSR count). The van der Waals surface area contributed by atoms with E-state index in [0.29, 0.717) is 0 Å². The third-order valence-electron chi connectivity index (χ3n) is 2.16. The maximum atomic E-state index is 5.80. The number of halogens is 1. The summed E-state index contributed by atoms with van der Waals surface area (Å²) in [5.74, 6) is 1.10. The van der Waals surface area contributed by atoms with Crippen LogP contribution in [-0.2, 0) is 0 Å². The molecule has 0 radical (unpaired) electrons. The summed E-state index contributed by atoms with van der Waals surface area (Å²) >= 11 is 12.7. The number of hydrogen-bond donors (Lipinski definition) is 1. The third kappa shape index (κ3) is 3.00. The van der Waals surface area contributed by atoms with Crippen molar-refractivity contribution in [2.24, 2.45) is 0 Å². The van der Waals surface area contributed by atoms with Gasteiger partial charge in [0, 0.05) is 23.0 Å². The number of nitrogens with one attached hydrogen (secondary N) is 1. The van der Waals surface area contributed by atoms with Crippen molar-refractivity contribution >= 4 is 45.6 Å². The van der Waals surface area contributed by atoms with Gasteiger partial charge in [0.15, 0.2) is 0 Å². The Morgan fingerprint density at radius 2 is 2.13 bits per heavy atom. The average Bonchev–Trinajstić information content (AvgIpc) is 2.63. The Bertz CT molecular complexity index is 353. The molecule has 1 fully saturated rings. The Balaban J connectivity index is 1.87. The highest BCUT2D eigenvalue weighted by atomic mass is 35.5. The zero-order valence-corrected chi connectivity index (χ0v) is 10.5. The fourth-order valence-electron chi connectivity index (χ4n) is 1.32. The summed E-state index contributed by atoms with van der Waals surface area (Å²) < 4.78 is 0.983. The van der Waals surface area contributed by atoms with E-state index in [1.807, 2.05) is 24.3 Å². The van der Waals surface area contributed by atoms with Crippen molar-refractivity contribution in [1.82, 2.24) is 4.90 Å². The first-order chi connectivity index (χ1) is 7.25. The van der Waals surface area contributed by atoms with Gasteiger partial charge in [-0.2, -0.15) is 0 Å². The van der Waals surface area contributed by atoms with Gasteiger partial charge in [-0.05, 0) is 24.3 Å². The summed E-state index contributed by atoms with van der Waals surface area (Å²) in [5, 5.41) is 4.07. The highest BCUT2D eigenvalue weighted by molar-refractivity contribution is 8.23. The largest absolute Gasteiger partial charge is 0.368 e. The highest BCUT2D eigenvalue weighted by Crippen LogP contribution is 2.18. The first-order valence-electron chi connectivity index (χ1n) is 4.67. The molecule has 5 heteroatoms. The molecule has 15 heavy (non-hydrogen) atoms. The molecule has 1 N–H and O–H groups in total. The minimum Gasteiger partial charge on any atom is -0.368 e. The predicted molar refractivity (Wildman–Crippen MR) is 71.7 cm³/mol. The molecule has 1 aromatic rings. The standard InChI is InChI=1S/C10H11ClN2S2/c11-8-1-3-9(4-2-8)12-7-13-5-6-15-10(13)14/h1-4,12H,5-7H2. The number of anilines is 1. The van der Waals surface area contributed by atoms with Gasteiger partial charge in [0.05, 0.1) is 6.67 Å². The van der Waals surface area contributed by atoms with E-state index < -0.39 is 0 Å². The van der Waals surface area contributed by atoms with Crippen molar-refractivity contribution in [2.45, 2.75) is 0 Å². The second kappa shape index (κ2) is 5.05. The number of rotatable bonds is 3. The SMILES string of the molecule is S=C1SCCN1CNc1ccc(Cl)cc1. The average molecular weight is 259 g/mol. The van der Waals surface area contributed by atoms with Crippen LogP contribution in [0.15, 0.2) is 24.3 Å². The molecule has 1 aliphatic rings. The Hall–Kier alpha value is -0.450. The number of thiocarbonyl (C=S) groups is 1. The van der Waals surface area contributed by atoms with Crippen molar-refractivity contribution in [2.75, 3.05) is 24.3 Å². The molecule has 1 saturated heterocycles. The summed E-state index contributed by atoms with van der Waals surface area (Å²) in [6, 6.07) is 7.69. The summed E-state index contributed by atoms with van der Waals surface area (Å²) in [5.41, 5.74) is 1.07. The van der Waals surface area contributed by atoms with Gasteiger partial charge in [-0.3, -0.25) is 0 Å². The summed E-state index contributed by atoms with van der Waals surface area (Å²) in [4.78, 5) is 2.16. The third-order valence-corrected chi connectivity index (χ3v) is 3.92. The molecule has 0 aliphatic carbocycles. The second-order valence-corrected chi connectivity index (χ2v) is 5.38. The van der Waals surface area contributed by atoms with Gasteiger partial charge in [-0.25, -0.2) is 0 Å². The quantitative estimate of drug-likeness (QED) is 0.838. The molecule has 0 bridgehead atoms. The van der Waals surface area contributed by atoms with Crippen LogP contribution in [-0.4, -0.2) is 28.2 Å². The fraction of sp³-hybridized carbons (Fsp3) is 0.300. The Kier molecular flexibility index (Phi) is 3.72. The van der Waals surface area contributed by atoms with Crippen molar-refractivity contribution in [3.8, 4) is 0 Å². The van der Waals surface area contributed by atoms with Gasteiger partial charge >= 0.3 is 0 Å². The van der Waals surface area contributed by atoms with E-state index in [1.165, 1.54) is 0 Å². The lowest BCUT2D eigenvalue weighted by Crippen LogP contribution is -2.28. The summed E-state index contributed by atoms with van der Waals surface area (Å²) in [6.45, 7) is 1.80. The van der Waals surface area contributed by atoms with Crippen LogP contribution in [0, 0.1) is 0 Å². The molecule has 0 saturated carbocycles. The minimum absolute atomic E-state index is 0.757. The summed E-state index contributed by atoms with van der Waals surface area (Å²) in [7, 11) is 0. The van der Waals surface area contributed by atoms with Gasteiger partial charge in [0.2, 0.25) is 0 Å². The fourth-order valence-corrected chi connectivity index (χ4v) is 2.68. The molecule has 0 atom stereocenters. The monoisotopic (exact) mass is 258 g/mol. The zero-order chi connectivity index (χ0) is 10.7. The Morgan fingerprint density at radius 1 is 1.40 bits per heavy atom. The van der Waals surface area contributed by atoms with E-state index in [0.717, 1.165) is 34.0 Å². The molecular weight excluding hydrogens is 248 g/mol. The maximum absolute atomic E-state index is 5.80. The maximum Gasteiger partial charge on any atom is 0.137 e. The molecule has 1 aliphatic heterocycles. The van der Waals surface area contributed by atoms with Gasteiger partial charge < -0.3 is 10.2 Å². The van der Waals surface area contributed by atoms with Crippen LogP contribution >= 0.6 is 35.6 Å². The molecule has 1 heterocycles. The van der Waals surface area contributed by atoms with Gasteiger partial charge in [-0.15, -0.1) is 0 Å². The highest BCUT2D eigenvalue weighted by Gasteiger charge is 2.16. The normalized spacial score (nSPS) is 15.8. The zero-order valence-electron chi connectivity index (χ0n) is 8.07. The Morgan fingerprint density at radius 3 is 2.73 bits per heavy atom. The molecule has 0 aromatic heterocycles. The number of hydrogen-bond acceptors (Lipinski definition) is 3. The van der Waals surface area contributed by atoms with Crippen LogP contribution in [0.4, 0.5) is 5.69 Å².